The van der Waals surface area contributed by atoms with E-state index in [4.69, 9.17) is 66.4 Å². The highest BCUT2D eigenvalue weighted by molar-refractivity contribution is 6.37. The molecule has 0 saturated heterocycles. The lowest BCUT2D eigenvalue weighted by molar-refractivity contribution is 0.200. The second-order valence-corrected chi connectivity index (χ2v) is 21.2. The number of halogens is 2. The minimum atomic E-state index is -0.00912. The van der Waals surface area contributed by atoms with Crippen LogP contribution in [0.15, 0.2) is 170 Å². The SMILES string of the molecule is CN/C(=C\C#N)Nc1cccc(C(Cc2ccncc2)c2ccc(OC)c(OC3CCCC3)c2)c1.COc1ccc(C(=CC#N)c2ccc(OC)c(OC)c2)cc1OC.COc1cnc(/C(C#N)=C/c2c(Cl)cncc2Cl)cc1OC1Cc2ccccc2C1. The molecule has 89 heavy (non-hydrogen) atoms. The van der Waals surface area contributed by atoms with Crippen LogP contribution in [0.25, 0.3) is 17.2 Å². The molecule has 10 rings (SSSR count). The smallest absolute Gasteiger partial charge is 0.179 e. The Bertz CT molecular complexity index is 3840. The number of allylic oxidation sites excluding steroid dienone is 3. The molecule has 1 unspecified atom stereocenters. The molecule has 0 bridgehead atoms. The number of nitriles is 3. The van der Waals surface area contributed by atoms with E-state index in [2.05, 4.69) is 92.3 Å². The van der Waals surface area contributed by atoms with Gasteiger partial charge in [-0.05, 0) is 143 Å². The normalized spacial score (nSPS) is 13.0. The highest BCUT2D eigenvalue weighted by Gasteiger charge is 2.26. The number of ether oxygens (including phenoxy) is 8. The maximum atomic E-state index is 9.71. The van der Waals surface area contributed by atoms with Gasteiger partial charge in [-0.2, -0.15) is 15.8 Å². The number of rotatable bonds is 21. The molecule has 2 N–H and O–H groups in total. The maximum Gasteiger partial charge on any atom is 0.179 e. The topological polar surface area (TPSA) is 208 Å². The third-order valence-electron chi connectivity index (χ3n) is 15.0. The summed E-state index contributed by atoms with van der Waals surface area (Å²) in [4.78, 5) is 12.5. The van der Waals surface area contributed by atoms with Gasteiger partial charge in [0.25, 0.3) is 0 Å². The zero-order valence-electron chi connectivity index (χ0n) is 50.6. The van der Waals surface area contributed by atoms with E-state index in [1.165, 1.54) is 54.1 Å². The number of nitrogens with zero attached hydrogens (tertiary/aromatic N) is 6. The summed E-state index contributed by atoms with van der Waals surface area (Å²) in [6.45, 7) is 0. The van der Waals surface area contributed by atoms with Crippen molar-refractivity contribution in [3.63, 3.8) is 0 Å². The van der Waals surface area contributed by atoms with Crippen molar-refractivity contribution in [3.05, 3.63) is 231 Å². The average Bonchev–Trinajstić information content (AvgIpc) is 4.48. The molecule has 1 atom stereocenters. The van der Waals surface area contributed by atoms with E-state index in [1.54, 1.807) is 80.2 Å². The third kappa shape index (κ3) is 17.1. The monoisotopic (exact) mass is 1230 g/mol. The van der Waals surface area contributed by atoms with Crippen LogP contribution in [-0.4, -0.2) is 76.9 Å². The number of methoxy groups -OCH3 is 6. The Morgan fingerprint density at radius 3 is 1.72 bits per heavy atom. The molecular formula is C71H68Cl2N8O8. The van der Waals surface area contributed by atoms with Crippen molar-refractivity contribution in [3.8, 4) is 64.2 Å². The summed E-state index contributed by atoms with van der Waals surface area (Å²) >= 11 is 12.4. The Hall–Kier alpha value is -10.2. The molecule has 8 aromatic rings. The van der Waals surface area contributed by atoms with Crippen LogP contribution in [0.5, 0.6) is 46.0 Å². The molecule has 454 valence electrons. The van der Waals surface area contributed by atoms with E-state index in [9.17, 15) is 10.5 Å². The van der Waals surface area contributed by atoms with Gasteiger partial charge in [0.05, 0.1) is 94.5 Å². The quantitative estimate of drug-likeness (QED) is 0.0641. The van der Waals surface area contributed by atoms with Crippen LogP contribution >= 0.6 is 23.2 Å². The Labute approximate surface area is 530 Å². The minimum absolute atomic E-state index is 0.00912. The summed E-state index contributed by atoms with van der Waals surface area (Å²) in [5.41, 5.74) is 10.7. The summed E-state index contributed by atoms with van der Waals surface area (Å²) < 4.78 is 44.9. The molecular weight excluding hydrogens is 1160 g/mol. The second-order valence-electron chi connectivity index (χ2n) is 20.4. The van der Waals surface area contributed by atoms with E-state index in [0.717, 1.165) is 77.1 Å². The van der Waals surface area contributed by atoms with Crippen LogP contribution in [0, 0.1) is 34.0 Å². The largest absolute Gasteiger partial charge is 0.493 e. The first-order chi connectivity index (χ1) is 43.5. The predicted octanol–water partition coefficient (Wildman–Crippen LogP) is 14.9. The summed E-state index contributed by atoms with van der Waals surface area (Å²) in [6.07, 6.45) is 20.0. The standard InChI is InChI=1S/C29H32N4O2.C23H17Cl2N3O2.C19H19NO4/c1-31-29(12-15-30)33-24-7-5-6-22(19-24)26(18-21-13-16-32-17-14-21)23-10-11-27(34-2)28(20-23)35-25-8-3-4-9-25;1-29-23-13-28-21(16(10-26)8-18-19(24)11-27-12-20(18)25)9-22(23)30-17-6-14-4-2-3-5-15(14)7-17;1-21-16-7-5-13(11-18(16)23-3)15(9-10-20)14-6-8-17(22-2)19(12-14)24-4/h5-7,10-14,16-17,19-20,25-26,31,33H,3-4,8-9,18H2,1-2H3;2-5,8-9,11-13,17H,6-7H2,1H3;5-9,11-12H,1-4H3/b29-12+;16-8+;. The first-order valence-electron chi connectivity index (χ1n) is 28.6. The van der Waals surface area contributed by atoms with Crippen molar-refractivity contribution in [2.75, 3.05) is 55.0 Å². The summed E-state index contributed by atoms with van der Waals surface area (Å²) in [6, 6.07) is 46.1. The number of hydrogen-bond donors (Lipinski definition) is 2. The van der Waals surface area contributed by atoms with Crippen molar-refractivity contribution in [1.29, 1.82) is 15.8 Å². The average molecular weight is 1230 g/mol. The number of aromatic nitrogens is 3. The number of anilines is 1. The molecule has 3 heterocycles. The van der Waals surface area contributed by atoms with Gasteiger partial charge in [0.15, 0.2) is 46.0 Å². The molecule has 1 fully saturated rings. The Balaban J connectivity index is 0.000000176. The van der Waals surface area contributed by atoms with Crippen molar-refractivity contribution in [1.82, 2.24) is 20.3 Å². The second kappa shape index (κ2) is 32.5. The first kappa shape index (κ1) is 64.8. The fraction of sp³-hybridized carbons (Fsp3) is 0.239. The van der Waals surface area contributed by atoms with Gasteiger partial charge in [-0.25, -0.2) is 0 Å². The van der Waals surface area contributed by atoms with Gasteiger partial charge in [-0.1, -0.05) is 77.8 Å². The van der Waals surface area contributed by atoms with Gasteiger partial charge in [0.1, 0.15) is 18.0 Å². The van der Waals surface area contributed by atoms with Gasteiger partial charge in [0.2, 0.25) is 0 Å². The van der Waals surface area contributed by atoms with E-state index in [-0.39, 0.29) is 18.1 Å². The summed E-state index contributed by atoms with van der Waals surface area (Å²) in [7, 11) is 11.3. The van der Waals surface area contributed by atoms with Gasteiger partial charge >= 0.3 is 0 Å². The lowest BCUT2D eigenvalue weighted by Gasteiger charge is -2.22. The van der Waals surface area contributed by atoms with Crippen LogP contribution in [0.4, 0.5) is 5.69 Å². The minimum Gasteiger partial charge on any atom is -0.493 e. The van der Waals surface area contributed by atoms with Gasteiger partial charge in [-0.3, -0.25) is 15.0 Å². The van der Waals surface area contributed by atoms with Crippen molar-refractivity contribution in [2.24, 2.45) is 0 Å². The molecule has 1 saturated carbocycles. The van der Waals surface area contributed by atoms with Crippen LogP contribution in [0.2, 0.25) is 10.0 Å². The molecule has 2 aliphatic carbocycles. The maximum absolute atomic E-state index is 9.71. The summed E-state index contributed by atoms with van der Waals surface area (Å²) in [5, 5.41) is 34.9. The molecule has 0 radical (unpaired) electrons. The predicted molar refractivity (Wildman–Crippen MR) is 347 cm³/mol. The number of nitrogens with one attached hydrogen (secondary N) is 2. The van der Waals surface area contributed by atoms with Crippen molar-refractivity contribution >= 4 is 46.1 Å². The number of pyridine rings is 3. The van der Waals surface area contributed by atoms with Crippen LogP contribution in [0.3, 0.4) is 0 Å². The van der Waals surface area contributed by atoms with Crippen LogP contribution < -0.4 is 48.5 Å². The lowest BCUT2D eigenvalue weighted by Crippen LogP contribution is -2.17. The van der Waals surface area contributed by atoms with E-state index >= 15 is 0 Å². The zero-order valence-corrected chi connectivity index (χ0v) is 52.1. The Morgan fingerprint density at radius 1 is 0.584 bits per heavy atom. The number of fused-ring (bicyclic) bond motifs is 1. The molecule has 18 heteroatoms. The summed E-state index contributed by atoms with van der Waals surface area (Å²) in [5.74, 6) is 5.80. The Kier molecular flexibility index (Phi) is 23.7. The molecule has 5 aromatic carbocycles. The van der Waals surface area contributed by atoms with E-state index in [0.29, 0.717) is 67.2 Å². The van der Waals surface area contributed by atoms with Crippen LogP contribution in [-0.2, 0) is 19.3 Å². The molecule has 16 nitrogen and oxygen atoms in total. The highest BCUT2D eigenvalue weighted by atomic mass is 35.5. The van der Waals surface area contributed by atoms with Gasteiger partial charge in [-0.15, -0.1) is 0 Å². The molecule has 0 amide bonds. The zero-order chi connectivity index (χ0) is 63.1. The molecule has 0 spiro atoms. The first-order valence-corrected chi connectivity index (χ1v) is 29.3. The van der Waals surface area contributed by atoms with Gasteiger partial charge in [0, 0.05) is 74.0 Å². The third-order valence-corrected chi connectivity index (χ3v) is 15.6. The highest BCUT2D eigenvalue weighted by Crippen LogP contribution is 2.40. The van der Waals surface area contributed by atoms with E-state index < -0.39 is 0 Å². The van der Waals surface area contributed by atoms with Crippen molar-refractivity contribution in [2.45, 2.75) is 63.1 Å². The van der Waals surface area contributed by atoms with Gasteiger partial charge < -0.3 is 48.5 Å². The Morgan fingerprint density at radius 2 is 1.15 bits per heavy atom. The molecule has 3 aromatic heterocycles. The number of hydrogen-bond acceptors (Lipinski definition) is 16. The number of benzene rings is 5. The fourth-order valence-corrected chi connectivity index (χ4v) is 10.9. The van der Waals surface area contributed by atoms with Crippen molar-refractivity contribution < 1.29 is 37.9 Å². The van der Waals surface area contributed by atoms with E-state index in [1.807, 2.05) is 67.0 Å². The molecule has 0 aliphatic heterocycles. The lowest BCUT2D eigenvalue weighted by atomic mass is 9.85. The fourth-order valence-electron chi connectivity index (χ4n) is 10.5. The van der Waals surface area contributed by atoms with Crippen LogP contribution in [0.1, 0.15) is 81.8 Å². The molecule has 2 aliphatic rings.